The Labute approximate surface area is 158 Å². The van der Waals surface area contributed by atoms with E-state index in [-0.39, 0.29) is 29.5 Å². The minimum Gasteiger partial charge on any atom is -0.396 e. The zero-order chi connectivity index (χ0) is 19.4. The van der Waals surface area contributed by atoms with E-state index in [1.807, 2.05) is 0 Å². The number of carbonyl (C=O) groups excluding carboxylic acids is 2. The standard InChI is InChI=1S/C18H25N3O5S/c22-11-12-3-1-2-4-16(12)20-18(24)17(23)19-13-7-9-15(10-8-13)27(25,26)21-14-5-6-14/h7-10,12,14,16,21-22H,1-6,11H2,(H,19,23)(H,20,24)/t12-,16+/m1/s1. The third-order valence-corrected chi connectivity index (χ3v) is 6.52. The van der Waals surface area contributed by atoms with E-state index in [1.54, 1.807) is 0 Å². The molecule has 4 N–H and O–H groups in total. The third-order valence-electron chi connectivity index (χ3n) is 4.99. The van der Waals surface area contributed by atoms with Crippen LogP contribution in [0.2, 0.25) is 0 Å². The number of carbonyl (C=O) groups is 2. The maximum Gasteiger partial charge on any atom is 0.313 e. The number of hydrogen-bond donors (Lipinski definition) is 4. The van der Waals surface area contributed by atoms with Crippen molar-refractivity contribution in [2.24, 2.45) is 5.92 Å². The molecule has 0 spiro atoms. The zero-order valence-electron chi connectivity index (χ0n) is 15.0. The van der Waals surface area contributed by atoms with E-state index in [2.05, 4.69) is 15.4 Å². The van der Waals surface area contributed by atoms with Gasteiger partial charge in [0, 0.05) is 30.3 Å². The Morgan fingerprint density at radius 3 is 2.30 bits per heavy atom. The number of aliphatic hydroxyl groups excluding tert-OH is 1. The average Bonchev–Trinajstić information content (AvgIpc) is 3.46. The summed E-state index contributed by atoms with van der Waals surface area (Å²) in [4.78, 5) is 24.3. The normalized spacial score (nSPS) is 22.9. The van der Waals surface area contributed by atoms with Gasteiger partial charge in [0.2, 0.25) is 10.0 Å². The minimum atomic E-state index is -3.55. The van der Waals surface area contributed by atoms with Gasteiger partial charge in [0.05, 0.1) is 4.90 Å². The Bertz CT molecular complexity index is 790. The van der Waals surface area contributed by atoms with E-state index in [0.29, 0.717) is 5.69 Å². The van der Waals surface area contributed by atoms with Gasteiger partial charge in [0.25, 0.3) is 0 Å². The Balaban J connectivity index is 1.56. The predicted octanol–water partition coefficient (Wildman–Crippen LogP) is 0.733. The lowest BCUT2D eigenvalue weighted by atomic mass is 9.85. The number of benzene rings is 1. The van der Waals surface area contributed by atoms with Crippen LogP contribution in [-0.2, 0) is 19.6 Å². The van der Waals surface area contributed by atoms with Crippen LogP contribution >= 0.6 is 0 Å². The molecule has 9 heteroatoms. The van der Waals surface area contributed by atoms with Gasteiger partial charge in [-0.1, -0.05) is 12.8 Å². The molecule has 3 rings (SSSR count). The lowest BCUT2D eigenvalue weighted by molar-refractivity contribution is -0.137. The summed E-state index contributed by atoms with van der Waals surface area (Å²) in [6.45, 7) is -0.0165. The number of anilines is 1. The van der Waals surface area contributed by atoms with Crippen molar-refractivity contribution in [1.82, 2.24) is 10.0 Å². The van der Waals surface area contributed by atoms with Crippen molar-refractivity contribution in [2.45, 2.75) is 55.5 Å². The average molecular weight is 395 g/mol. The van der Waals surface area contributed by atoms with Crippen molar-refractivity contribution in [3.05, 3.63) is 24.3 Å². The number of hydrogen-bond acceptors (Lipinski definition) is 5. The van der Waals surface area contributed by atoms with Crippen LogP contribution in [0.15, 0.2) is 29.2 Å². The second kappa shape index (κ2) is 8.37. The van der Waals surface area contributed by atoms with E-state index in [9.17, 15) is 23.1 Å². The smallest absolute Gasteiger partial charge is 0.313 e. The first-order valence-corrected chi connectivity index (χ1v) is 10.7. The molecule has 2 amide bonds. The molecule has 27 heavy (non-hydrogen) atoms. The van der Waals surface area contributed by atoms with Crippen LogP contribution in [0.1, 0.15) is 38.5 Å². The summed E-state index contributed by atoms with van der Waals surface area (Å²) >= 11 is 0. The lowest BCUT2D eigenvalue weighted by Crippen LogP contribution is -2.47. The summed E-state index contributed by atoms with van der Waals surface area (Å²) in [5.74, 6) is -1.60. The van der Waals surface area contributed by atoms with Gasteiger partial charge in [-0.3, -0.25) is 9.59 Å². The van der Waals surface area contributed by atoms with Crippen LogP contribution in [0.5, 0.6) is 0 Å². The highest BCUT2D eigenvalue weighted by Crippen LogP contribution is 2.24. The highest BCUT2D eigenvalue weighted by molar-refractivity contribution is 7.89. The zero-order valence-corrected chi connectivity index (χ0v) is 15.8. The van der Waals surface area contributed by atoms with Crippen molar-refractivity contribution in [2.75, 3.05) is 11.9 Å². The van der Waals surface area contributed by atoms with Crippen LogP contribution in [0, 0.1) is 5.92 Å². The summed E-state index contributed by atoms with van der Waals surface area (Å²) in [6, 6.07) is 5.49. The van der Waals surface area contributed by atoms with E-state index < -0.39 is 21.8 Å². The van der Waals surface area contributed by atoms with E-state index >= 15 is 0 Å². The molecular formula is C18H25N3O5S. The molecule has 2 aliphatic rings. The first-order chi connectivity index (χ1) is 12.9. The number of nitrogens with one attached hydrogen (secondary N) is 3. The lowest BCUT2D eigenvalue weighted by Gasteiger charge is -2.30. The van der Waals surface area contributed by atoms with Crippen molar-refractivity contribution in [1.29, 1.82) is 0 Å². The van der Waals surface area contributed by atoms with E-state index in [0.717, 1.165) is 38.5 Å². The topological polar surface area (TPSA) is 125 Å². The Morgan fingerprint density at radius 2 is 1.67 bits per heavy atom. The predicted molar refractivity (Wildman–Crippen MR) is 99.4 cm³/mol. The van der Waals surface area contributed by atoms with Gasteiger partial charge in [-0.05, 0) is 49.9 Å². The maximum atomic E-state index is 12.1. The molecule has 2 atom stereocenters. The molecule has 8 nitrogen and oxygen atoms in total. The van der Waals surface area contributed by atoms with E-state index in [1.165, 1.54) is 24.3 Å². The Morgan fingerprint density at radius 1 is 1.00 bits per heavy atom. The highest BCUT2D eigenvalue weighted by Gasteiger charge is 2.29. The molecule has 1 aromatic carbocycles. The monoisotopic (exact) mass is 395 g/mol. The molecular weight excluding hydrogens is 370 g/mol. The summed E-state index contributed by atoms with van der Waals surface area (Å²) in [6.07, 6.45) is 5.22. The molecule has 0 aromatic heterocycles. The van der Waals surface area contributed by atoms with Crippen molar-refractivity contribution >= 4 is 27.5 Å². The van der Waals surface area contributed by atoms with Crippen molar-refractivity contribution in [3.8, 4) is 0 Å². The molecule has 2 fully saturated rings. The van der Waals surface area contributed by atoms with Crippen LogP contribution in [-0.4, -0.2) is 44.0 Å². The number of amides is 2. The molecule has 0 radical (unpaired) electrons. The molecule has 2 saturated carbocycles. The molecule has 0 bridgehead atoms. The van der Waals surface area contributed by atoms with Gasteiger partial charge in [-0.15, -0.1) is 0 Å². The SMILES string of the molecule is O=C(Nc1ccc(S(=O)(=O)NC2CC2)cc1)C(=O)N[C@H]1CCCC[C@@H]1CO. The van der Waals surface area contributed by atoms with Crippen LogP contribution in [0.4, 0.5) is 5.69 Å². The molecule has 1 aromatic rings. The highest BCUT2D eigenvalue weighted by atomic mass is 32.2. The first kappa shape index (κ1) is 19.8. The summed E-state index contributed by atoms with van der Waals surface area (Å²) < 4.78 is 26.8. The van der Waals surface area contributed by atoms with Crippen LogP contribution in [0.25, 0.3) is 0 Å². The second-order valence-corrected chi connectivity index (χ2v) is 8.90. The van der Waals surface area contributed by atoms with Crippen LogP contribution < -0.4 is 15.4 Å². The maximum absolute atomic E-state index is 12.1. The van der Waals surface area contributed by atoms with Crippen LogP contribution in [0.3, 0.4) is 0 Å². The van der Waals surface area contributed by atoms with Crippen molar-refractivity contribution in [3.63, 3.8) is 0 Å². The Kier molecular flexibility index (Phi) is 6.13. The molecule has 0 aliphatic heterocycles. The molecule has 0 heterocycles. The molecule has 0 unspecified atom stereocenters. The largest absolute Gasteiger partial charge is 0.396 e. The summed E-state index contributed by atoms with van der Waals surface area (Å²) in [5.41, 5.74) is 0.336. The first-order valence-electron chi connectivity index (χ1n) is 9.24. The van der Waals surface area contributed by atoms with Gasteiger partial charge in [-0.25, -0.2) is 13.1 Å². The Hall–Kier alpha value is -1.97. The molecule has 2 aliphatic carbocycles. The van der Waals surface area contributed by atoms with Gasteiger partial charge in [0.1, 0.15) is 0 Å². The van der Waals surface area contributed by atoms with Gasteiger partial charge < -0.3 is 15.7 Å². The number of rotatable bonds is 6. The fourth-order valence-corrected chi connectivity index (χ4v) is 4.55. The number of aliphatic hydroxyl groups is 1. The summed E-state index contributed by atoms with van der Waals surface area (Å²) in [5, 5.41) is 14.5. The molecule has 148 valence electrons. The minimum absolute atomic E-state index is 0.0145. The third kappa shape index (κ3) is 5.27. The number of sulfonamides is 1. The quantitative estimate of drug-likeness (QED) is 0.529. The van der Waals surface area contributed by atoms with Gasteiger partial charge >= 0.3 is 11.8 Å². The van der Waals surface area contributed by atoms with Gasteiger partial charge in [-0.2, -0.15) is 0 Å². The fraction of sp³-hybridized carbons (Fsp3) is 0.556. The molecule has 0 saturated heterocycles. The van der Waals surface area contributed by atoms with Crippen molar-refractivity contribution < 1.29 is 23.1 Å². The second-order valence-electron chi connectivity index (χ2n) is 7.18. The van der Waals surface area contributed by atoms with Gasteiger partial charge in [0.15, 0.2) is 0 Å². The fourth-order valence-electron chi connectivity index (χ4n) is 3.24. The summed E-state index contributed by atoms with van der Waals surface area (Å²) in [7, 11) is -3.55. The van der Waals surface area contributed by atoms with E-state index in [4.69, 9.17) is 0 Å².